The Kier molecular flexibility index (Phi) is 7.79. The number of halogens is 3. The number of benzene rings is 2. The minimum absolute atomic E-state index is 0.0951. The molecule has 2 aromatic carbocycles. The van der Waals surface area contributed by atoms with Crippen LogP contribution in [0, 0.1) is 46.2 Å². The maximum Gasteiger partial charge on any atom is 0.339 e. The highest BCUT2D eigenvalue weighted by atomic mass is 127. The normalized spacial score (nSPS) is 37.2. The van der Waals surface area contributed by atoms with Crippen molar-refractivity contribution >= 4 is 95.8 Å². The Bertz CT molecular complexity index is 1730. The summed E-state index contributed by atoms with van der Waals surface area (Å²) < 4.78 is 62.8. The number of carbonyl (C=O) groups excluding carboxylic acids is 3. The van der Waals surface area contributed by atoms with E-state index in [2.05, 4.69) is 67.8 Å². The molecule has 6 unspecified atom stereocenters. The highest BCUT2D eigenvalue weighted by Crippen LogP contribution is 2.60. The molecule has 3 heterocycles. The van der Waals surface area contributed by atoms with Crippen LogP contribution in [0.3, 0.4) is 0 Å². The Morgan fingerprint density at radius 1 is 0.889 bits per heavy atom. The summed E-state index contributed by atoms with van der Waals surface area (Å²) in [5.41, 5.74) is 0.780. The Labute approximate surface area is 300 Å². The van der Waals surface area contributed by atoms with Crippen molar-refractivity contribution in [1.29, 1.82) is 0 Å². The van der Waals surface area contributed by atoms with Crippen LogP contribution in [-0.4, -0.2) is 55.3 Å². The minimum Gasteiger partial charge on any atom is -0.744 e. The van der Waals surface area contributed by atoms with Gasteiger partial charge in [0, 0.05) is 10.7 Å². The predicted molar refractivity (Wildman–Crippen MR) is 179 cm³/mol. The lowest BCUT2D eigenvalue weighted by atomic mass is 9.51. The summed E-state index contributed by atoms with van der Waals surface area (Å²) in [5, 5.41) is 0. The highest BCUT2D eigenvalue weighted by Gasteiger charge is 2.72. The van der Waals surface area contributed by atoms with Gasteiger partial charge in [0.05, 0.1) is 10.5 Å². The van der Waals surface area contributed by atoms with Gasteiger partial charge in [0.25, 0.3) is 0 Å². The largest absolute Gasteiger partial charge is 0.744 e. The summed E-state index contributed by atoms with van der Waals surface area (Å²) in [7, 11) is -4.77. The molecule has 2 aromatic rings. The monoisotopic (exact) mass is 971 g/mol. The van der Waals surface area contributed by atoms with Crippen molar-refractivity contribution in [2.75, 3.05) is 0 Å². The van der Waals surface area contributed by atoms with Crippen LogP contribution in [0.4, 0.5) is 0 Å². The van der Waals surface area contributed by atoms with Gasteiger partial charge in [0.15, 0.2) is 12.2 Å². The molecule has 0 amide bonds. The van der Waals surface area contributed by atoms with Crippen molar-refractivity contribution in [1.82, 2.24) is 0 Å². The lowest BCUT2D eigenvalue weighted by molar-refractivity contribution is -0.149. The van der Waals surface area contributed by atoms with Crippen molar-refractivity contribution in [2.45, 2.75) is 67.3 Å². The molecule has 0 radical (unpaired) electrons. The Balaban J connectivity index is 1.07. The van der Waals surface area contributed by atoms with Crippen LogP contribution < -0.4 is 4.74 Å². The van der Waals surface area contributed by atoms with E-state index in [1.54, 1.807) is 6.07 Å². The van der Waals surface area contributed by atoms with E-state index in [0.717, 1.165) is 36.4 Å². The fraction of sp³-hybridized carbons (Fsp3) is 0.516. The van der Waals surface area contributed by atoms with Crippen LogP contribution in [0.5, 0.6) is 5.75 Å². The zero-order valence-corrected chi connectivity index (χ0v) is 30.7. The minimum atomic E-state index is -4.77. The number of carbonyl (C=O) groups is 3. The molecule has 6 bridgehead atoms. The molecule has 9 rings (SSSR count). The van der Waals surface area contributed by atoms with Crippen molar-refractivity contribution in [3.8, 4) is 5.75 Å². The van der Waals surface area contributed by atoms with Crippen LogP contribution in [0.25, 0.3) is 0 Å². The van der Waals surface area contributed by atoms with Crippen LogP contribution in [0.1, 0.15) is 53.9 Å². The molecule has 3 saturated heterocycles. The second-order valence-electron chi connectivity index (χ2n) is 13.2. The molecular weight excluding hydrogens is 945 g/mol. The van der Waals surface area contributed by atoms with Gasteiger partial charge >= 0.3 is 17.9 Å². The van der Waals surface area contributed by atoms with Crippen molar-refractivity contribution in [3.05, 3.63) is 52.2 Å². The van der Waals surface area contributed by atoms with E-state index in [0.29, 0.717) is 23.0 Å². The summed E-state index contributed by atoms with van der Waals surface area (Å²) in [6.45, 7) is 0. The molecule has 0 spiro atoms. The standard InChI is InChI=1S/C31H27I3O10S/c32-15-8-18(24(34)19(33)9-15)29(35)43-27-25-22(23-26(42-25)28(27)44-31(23)37)30(36)41-16-1-2-20(45(38,39)40)17(10-16)21-13-4-11-3-12(6-13)7-14(21)5-11/h1-2,8-14,21-23,25-28H,3-7H2,(H,38,39,40)/p-1. The van der Waals surface area contributed by atoms with Crippen molar-refractivity contribution in [3.63, 3.8) is 0 Å². The first kappa shape index (κ1) is 31.2. The molecule has 6 atom stereocenters. The van der Waals surface area contributed by atoms with Gasteiger partial charge in [0.2, 0.25) is 0 Å². The number of fused-ring (bicyclic) bond motifs is 1. The first-order valence-corrected chi connectivity index (χ1v) is 19.5. The molecule has 4 saturated carbocycles. The lowest BCUT2D eigenvalue weighted by Crippen LogP contribution is -2.48. The van der Waals surface area contributed by atoms with E-state index in [9.17, 15) is 27.4 Å². The first-order valence-electron chi connectivity index (χ1n) is 14.9. The third kappa shape index (κ3) is 5.17. The summed E-state index contributed by atoms with van der Waals surface area (Å²) in [4.78, 5) is 39.7. The smallest absolute Gasteiger partial charge is 0.339 e. The van der Waals surface area contributed by atoms with Crippen LogP contribution in [0.15, 0.2) is 35.2 Å². The molecule has 14 heteroatoms. The fourth-order valence-electron chi connectivity index (χ4n) is 9.33. The van der Waals surface area contributed by atoms with Crippen LogP contribution >= 0.6 is 67.8 Å². The number of rotatable bonds is 6. The molecule has 3 aliphatic heterocycles. The molecule has 4 aliphatic carbocycles. The number of hydrogen-bond acceptors (Lipinski definition) is 10. The topological polar surface area (TPSA) is 145 Å². The molecule has 7 aliphatic rings. The second-order valence-corrected chi connectivity index (χ2v) is 18.0. The zero-order valence-electron chi connectivity index (χ0n) is 23.4. The molecule has 0 aromatic heterocycles. The molecular formula is C31H26I3O10S-. The van der Waals surface area contributed by atoms with Gasteiger partial charge in [-0.1, -0.05) is 0 Å². The molecule has 238 valence electrons. The summed E-state index contributed by atoms with van der Waals surface area (Å²) >= 11 is 6.34. The molecule has 45 heavy (non-hydrogen) atoms. The average Bonchev–Trinajstić information content (AvgIpc) is 3.58. The van der Waals surface area contributed by atoms with E-state index in [1.807, 2.05) is 6.07 Å². The third-order valence-corrected chi connectivity index (χ3v) is 15.3. The summed E-state index contributed by atoms with van der Waals surface area (Å²) in [5.74, 6) is -2.15. The quantitative estimate of drug-likeness (QED) is 0.127. The van der Waals surface area contributed by atoms with Crippen molar-refractivity contribution in [2.24, 2.45) is 35.5 Å². The molecule has 0 N–H and O–H groups in total. The summed E-state index contributed by atoms with van der Waals surface area (Å²) in [6, 6.07) is 7.71. The van der Waals surface area contributed by atoms with Crippen LogP contribution in [-0.2, 0) is 33.9 Å². The average molecular weight is 971 g/mol. The Morgan fingerprint density at radius 3 is 2.24 bits per heavy atom. The molecule has 7 fully saturated rings. The second kappa shape index (κ2) is 11.2. The fourth-order valence-corrected chi connectivity index (χ4v) is 12.4. The Hall–Kier alpha value is -1.09. The van der Waals surface area contributed by atoms with Gasteiger partial charge in [-0.05, 0) is 165 Å². The first-order chi connectivity index (χ1) is 21.4. The SMILES string of the molecule is O=C(OC1C2OC(=O)C3C2OC1C3C(=O)Oc1ccc(S(=O)(=O)[O-])c(C2C3CC4CC(C3)CC2C4)c1)c1cc(I)cc(I)c1I. The third-order valence-electron chi connectivity index (χ3n) is 10.7. The Morgan fingerprint density at radius 2 is 1.58 bits per heavy atom. The van der Waals surface area contributed by atoms with Gasteiger partial charge < -0.3 is 23.5 Å². The zero-order chi connectivity index (χ0) is 31.5. The van der Waals surface area contributed by atoms with Gasteiger partial charge in [-0.2, -0.15) is 0 Å². The van der Waals surface area contributed by atoms with E-state index >= 15 is 0 Å². The molecule has 10 nitrogen and oxygen atoms in total. The van der Waals surface area contributed by atoms with E-state index < -0.39 is 64.3 Å². The van der Waals surface area contributed by atoms with Crippen molar-refractivity contribution < 1.29 is 46.3 Å². The maximum atomic E-state index is 13.8. The highest BCUT2D eigenvalue weighted by molar-refractivity contribution is 14.1. The van der Waals surface area contributed by atoms with Gasteiger partial charge in [-0.3, -0.25) is 9.59 Å². The van der Waals surface area contributed by atoms with Gasteiger partial charge in [-0.15, -0.1) is 0 Å². The van der Waals surface area contributed by atoms with Crippen LogP contribution in [0.2, 0.25) is 0 Å². The number of hydrogen-bond donors (Lipinski definition) is 0. The number of ether oxygens (including phenoxy) is 4. The predicted octanol–water partition coefficient (Wildman–Crippen LogP) is 5.01. The number of esters is 3. The van der Waals surface area contributed by atoms with E-state index in [1.165, 1.54) is 24.6 Å². The van der Waals surface area contributed by atoms with E-state index in [-0.39, 0.29) is 28.4 Å². The van der Waals surface area contributed by atoms with E-state index in [4.69, 9.17) is 18.9 Å². The van der Waals surface area contributed by atoms with Gasteiger partial charge in [-0.25, -0.2) is 13.2 Å². The summed E-state index contributed by atoms with van der Waals surface area (Å²) in [6.07, 6.45) is 1.70. The van der Waals surface area contributed by atoms with Gasteiger partial charge in [0.1, 0.15) is 39.9 Å². The lowest BCUT2D eigenvalue weighted by Gasteiger charge is -2.55. The maximum absolute atomic E-state index is 13.8.